The quantitative estimate of drug-likeness (QED) is 0.468. The van der Waals surface area contributed by atoms with Gasteiger partial charge in [0.2, 0.25) is 17.7 Å². The molecule has 2 N–H and O–H groups in total. The number of rotatable bonds is 8. The Morgan fingerprint density at radius 1 is 0.972 bits per heavy atom. The third-order valence-corrected chi connectivity index (χ3v) is 5.25. The van der Waals surface area contributed by atoms with Gasteiger partial charge in [0.05, 0.1) is 0 Å². The number of nitrogens with one attached hydrogen (secondary N) is 2. The van der Waals surface area contributed by atoms with Crippen molar-refractivity contribution in [2.45, 2.75) is 52.1 Å². The maximum Gasteiger partial charge on any atom is 0.248 e. The molecule has 0 fully saturated rings. The number of halogens is 1. The Balaban J connectivity index is 1.95. The Hall–Kier alpha value is -4.07. The van der Waals surface area contributed by atoms with Gasteiger partial charge in [-0.05, 0) is 63.6 Å². The topological polar surface area (TPSA) is 91.4 Å². The van der Waals surface area contributed by atoms with Crippen LogP contribution in [0.25, 0.3) is 0 Å². The molecule has 0 saturated carbocycles. The average Bonchev–Trinajstić information content (AvgIpc) is 2.81. The van der Waals surface area contributed by atoms with Crippen molar-refractivity contribution in [2.24, 2.45) is 0 Å². The van der Waals surface area contributed by atoms with Gasteiger partial charge in [0.15, 0.2) is 0 Å². The normalized spacial score (nSPS) is 11.9. The number of benzene rings is 2. The van der Waals surface area contributed by atoms with Crippen molar-refractivity contribution in [3.05, 3.63) is 89.9 Å². The van der Waals surface area contributed by atoms with Crippen molar-refractivity contribution in [2.75, 3.05) is 10.2 Å². The van der Waals surface area contributed by atoms with Gasteiger partial charge in [-0.1, -0.05) is 42.0 Å². The number of nitrogens with zero attached hydrogens (tertiary/aromatic N) is 2. The second-order valence-corrected chi connectivity index (χ2v) is 9.56. The summed E-state index contributed by atoms with van der Waals surface area (Å²) in [5, 5.41) is 5.58. The van der Waals surface area contributed by atoms with E-state index in [4.69, 9.17) is 0 Å². The Bertz CT molecular complexity index is 1210. The predicted molar refractivity (Wildman–Crippen MR) is 138 cm³/mol. The molecule has 1 aromatic heterocycles. The Kier molecular flexibility index (Phi) is 8.53. The van der Waals surface area contributed by atoms with E-state index in [2.05, 4.69) is 15.6 Å². The number of aryl methyl sites for hydroxylation is 1. The molecule has 1 unspecified atom stereocenters. The van der Waals surface area contributed by atoms with Crippen LogP contribution in [0, 0.1) is 12.7 Å². The minimum Gasteiger partial charge on any atom is -0.349 e. The van der Waals surface area contributed by atoms with Gasteiger partial charge in [-0.15, -0.1) is 0 Å². The molecule has 188 valence electrons. The zero-order valence-corrected chi connectivity index (χ0v) is 20.9. The molecule has 36 heavy (non-hydrogen) atoms. The molecule has 0 aliphatic carbocycles. The van der Waals surface area contributed by atoms with E-state index in [1.807, 2.05) is 39.8 Å². The molecule has 3 rings (SSSR count). The van der Waals surface area contributed by atoms with E-state index >= 15 is 0 Å². The Morgan fingerprint density at radius 3 is 2.31 bits per heavy atom. The molecule has 0 bridgehead atoms. The number of aromatic nitrogens is 1. The highest BCUT2D eigenvalue weighted by molar-refractivity contribution is 6.03. The third-order valence-electron chi connectivity index (χ3n) is 5.25. The average molecular weight is 491 g/mol. The summed E-state index contributed by atoms with van der Waals surface area (Å²) in [4.78, 5) is 44.9. The van der Waals surface area contributed by atoms with Crippen molar-refractivity contribution < 1.29 is 18.8 Å². The maximum atomic E-state index is 14.2. The number of anilines is 2. The molecule has 7 nitrogen and oxygen atoms in total. The monoisotopic (exact) mass is 490 g/mol. The first kappa shape index (κ1) is 26.5. The second kappa shape index (κ2) is 11.6. The van der Waals surface area contributed by atoms with Gasteiger partial charge in [-0.25, -0.2) is 9.37 Å². The highest BCUT2D eigenvalue weighted by Crippen LogP contribution is 2.30. The maximum absolute atomic E-state index is 14.2. The van der Waals surface area contributed by atoms with Crippen LogP contribution >= 0.6 is 0 Å². The molecule has 8 heteroatoms. The zero-order valence-electron chi connectivity index (χ0n) is 20.9. The predicted octanol–water partition coefficient (Wildman–Crippen LogP) is 4.94. The summed E-state index contributed by atoms with van der Waals surface area (Å²) in [6.45, 7) is 7.44. The fourth-order valence-electron chi connectivity index (χ4n) is 3.65. The van der Waals surface area contributed by atoms with Gasteiger partial charge >= 0.3 is 0 Å². The fourth-order valence-corrected chi connectivity index (χ4v) is 3.65. The number of hydrogen-bond acceptors (Lipinski definition) is 4. The fraction of sp³-hybridized carbons (Fsp3) is 0.286. The SMILES string of the molecule is Cc1ccc(C(C(=O)NC(C)(C)C)N(C(=O)CCC(=O)Nc2ccccn2)c2cccc(F)c2)cc1. The first-order valence-electron chi connectivity index (χ1n) is 11.7. The molecule has 0 saturated heterocycles. The van der Waals surface area contributed by atoms with Crippen LogP contribution in [0.4, 0.5) is 15.9 Å². The molecule has 2 aromatic carbocycles. The highest BCUT2D eigenvalue weighted by atomic mass is 19.1. The highest BCUT2D eigenvalue weighted by Gasteiger charge is 2.34. The number of pyridine rings is 1. The van der Waals surface area contributed by atoms with Crippen molar-refractivity contribution in [1.82, 2.24) is 10.3 Å². The van der Waals surface area contributed by atoms with E-state index in [1.165, 1.54) is 23.1 Å². The van der Waals surface area contributed by atoms with Crippen LogP contribution in [0.15, 0.2) is 72.9 Å². The van der Waals surface area contributed by atoms with E-state index in [-0.39, 0.29) is 18.5 Å². The zero-order chi connectivity index (χ0) is 26.3. The molecule has 1 heterocycles. The van der Waals surface area contributed by atoms with E-state index < -0.39 is 35.1 Å². The minimum absolute atomic E-state index is 0.136. The summed E-state index contributed by atoms with van der Waals surface area (Å²) in [6, 6.07) is 16.8. The lowest BCUT2D eigenvalue weighted by Gasteiger charge is -2.34. The third kappa shape index (κ3) is 7.46. The summed E-state index contributed by atoms with van der Waals surface area (Å²) in [5.74, 6) is -1.48. The number of carbonyl (C=O) groups is 3. The van der Waals surface area contributed by atoms with E-state index in [1.54, 1.807) is 42.6 Å². The second-order valence-electron chi connectivity index (χ2n) is 9.56. The first-order chi connectivity index (χ1) is 17.0. The Labute approximate surface area is 210 Å². The van der Waals surface area contributed by atoms with E-state index in [0.717, 1.165) is 5.56 Å². The lowest BCUT2D eigenvalue weighted by Crippen LogP contribution is -2.49. The Morgan fingerprint density at radius 2 is 1.69 bits per heavy atom. The van der Waals surface area contributed by atoms with Gasteiger partial charge < -0.3 is 10.6 Å². The van der Waals surface area contributed by atoms with Crippen LogP contribution in [-0.4, -0.2) is 28.2 Å². The summed E-state index contributed by atoms with van der Waals surface area (Å²) in [7, 11) is 0. The van der Waals surface area contributed by atoms with Crippen LogP contribution in [0.5, 0.6) is 0 Å². The van der Waals surface area contributed by atoms with Gasteiger partial charge in [0.25, 0.3) is 0 Å². The van der Waals surface area contributed by atoms with Crippen LogP contribution in [0.1, 0.15) is 50.8 Å². The molecule has 3 amide bonds. The lowest BCUT2D eigenvalue weighted by molar-refractivity contribution is -0.128. The van der Waals surface area contributed by atoms with Crippen LogP contribution in [0.3, 0.4) is 0 Å². The smallest absolute Gasteiger partial charge is 0.248 e. The van der Waals surface area contributed by atoms with Crippen LogP contribution in [0.2, 0.25) is 0 Å². The number of hydrogen-bond donors (Lipinski definition) is 2. The molecular weight excluding hydrogens is 459 g/mol. The number of carbonyl (C=O) groups excluding carboxylic acids is 3. The summed E-state index contributed by atoms with van der Waals surface area (Å²) in [5.41, 5.74) is 1.21. The largest absolute Gasteiger partial charge is 0.349 e. The van der Waals surface area contributed by atoms with Gasteiger partial charge in [0.1, 0.15) is 17.7 Å². The summed E-state index contributed by atoms with van der Waals surface area (Å²) < 4.78 is 14.2. The van der Waals surface area contributed by atoms with E-state index in [0.29, 0.717) is 11.4 Å². The molecular formula is C28H31FN4O3. The van der Waals surface area contributed by atoms with Gasteiger partial charge in [-0.2, -0.15) is 0 Å². The molecule has 1 atom stereocenters. The summed E-state index contributed by atoms with van der Waals surface area (Å²) >= 11 is 0. The lowest BCUT2D eigenvalue weighted by atomic mass is 9.99. The van der Waals surface area contributed by atoms with Gasteiger partial charge in [0, 0.05) is 30.3 Å². The van der Waals surface area contributed by atoms with E-state index in [9.17, 15) is 18.8 Å². The molecule has 0 aliphatic rings. The summed E-state index contributed by atoms with van der Waals surface area (Å²) in [6.07, 6.45) is 1.22. The minimum atomic E-state index is -1.07. The van der Waals surface area contributed by atoms with Crippen molar-refractivity contribution >= 4 is 29.2 Å². The van der Waals surface area contributed by atoms with Gasteiger partial charge in [-0.3, -0.25) is 19.3 Å². The van der Waals surface area contributed by atoms with Crippen molar-refractivity contribution in [1.29, 1.82) is 0 Å². The molecule has 0 aliphatic heterocycles. The molecule has 0 radical (unpaired) electrons. The number of amides is 3. The first-order valence-corrected chi connectivity index (χ1v) is 11.7. The standard InChI is InChI=1S/C28H31FN4O3/c1-19-11-13-20(14-12-19)26(27(36)32-28(2,3)4)33(22-9-7-8-21(29)18-22)25(35)16-15-24(34)31-23-10-5-6-17-30-23/h5-14,17-18,26H,15-16H2,1-4H3,(H,32,36)(H,30,31,34). The van der Waals surface area contributed by atoms with Crippen LogP contribution in [-0.2, 0) is 14.4 Å². The molecule has 0 spiro atoms. The van der Waals surface area contributed by atoms with Crippen molar-refractivity contribution in [3.63, 3.8) is 0 Å². The molecule has 3 aromatic rings. The van der Waals surface area contributed by atoms with Crippen molar-refractivity contribution in [3.8, 4) is 0 Å². The van der Waals surface area contributed by atoms with Crippen LogP contribution < -0.4 is 15.5 Å².